The molecular weight excluding hydrogens is 246 g/mol. The molecule has 1 rings (SSSR count). The number of nitrogens with zero attached hydrogens (tertiary/aromatic N) is 3. The predicted molar refractivity (Wildman–Crippen MR) is 72.6 cm³/mol. The minimum Gasteiger partial charge on any atom is -0.481 e. The van der Waals surface area contributed by atoms with Gasteiger partial charge in [0.25, 0.3) is 0 Å². The van der Waals surface area contributed by atoms with Crippen LogP contribution in [-0.4, -0.2) is 40.2 Å². The smallest absolute Gasteiger partial charge is 0.305 e. The van der Waals surface area contributed by atoms with E-state index in [0.717, 1.165) is 6.42 Å². The van der Waals surface area contributed by atoms with Crippen molar-refractivity contribution in [3.63, 3.8) is 0 Å². The molecule has 6 nitrogen and oxygen atoms in total. The molecular formula is C13H21N3O3. The Morgan fingerprint density at radius 1 is 1.53 bits per heavy atom. The maximum atomic E-state index is 10.8. The van der Waals surface area contributed by atoms with Crippen molar-refractivity contribution in [1.29, 1.82) is 0 Å². The molecule has 0 amide bonds. The highest BCUT2D eigenvalue weighted by Crippen LogP contribution is 2.16. The summed E-state index contributed by atoms with van der Waals surface area (Å²) in [5.41, 5.74) is 0. The van der Waals surface area contributed by atoms with Crippen LogP contribution in [-0.2, 0) is 4.79 Å². The summed E-state index contributed by atoms with van der Waals surface area (Å²) in [5.74, 6) is 0.196. The van der Waals surface area contributed by atoms with E-state index in [-0.39, 0.29) is 12.5 Å². The minimum atomic E-state index is -0.829. The summed E-state index contributed by atoms with van der Waals surface area (Å²) < 4.78 is 5.46. The van der Waals surface area contributed by atoms with Crippen LogP contribution >= 0.6 is 0 Å². The zero-order valence-electron chi connectivity index (χ0n) is 11.7. The average molecular weight is 267 g/mol. The van der Waals surface area contributed by atoms with Crippen LogP contribution in [0.15, 0.2) is 12.3 Å². The normalized spacial score (nSPS) is 11.9. The molecule has 0 aliphatic carbocycles. The fourth-order valence-electron chi connectivity index (χ4n) is 1.77. The standard InChI is InChI=1S/C13H21N3O3/c1-4-8-19-11-6-7-14-13(15-11)16(5-2)10(3)9-12(17)18/h6-7,10H,4-5,8-9H2,1-3H3,(H,17,18). The zero-order valence-corrected chi connectivity index (χ0v) is 11.7. The molecule has 0 spiro atoms. The van der Waals surface area contributed by atoms with Crippen LogP contribution in [0, 0.1) is 0 Å². The van der Waals surface area contributed by atoms with E-state index in [0.29, 0.717) is 25.0 Å². The minimum absolute atomic E-state index is 0.0528. The van der Waals surface area contributed by atoms with Crippen LogP contribution in [0.4, 0.5) is 5.95 Å². The van der Waals surface area contributed by atoms with Gasteiger partial charge in [-0.3, -0.25) is 4.79 Å². The number of ether oxygens (including phenoxy) is 1. The van der Waals surface area contributed by atoms with Crippen LogP contribution in [0.3, 0.4) is 0 Å². The Kier molecular flexibility index (Phi) is 6.05. The molecule has 1 aromatic rings. The highest BCUT2D eigenvalue weighted by molar-refractivity contribution is 5.68. The molecule has 106 valence electrons. The summed E-state index contributed by atoms with van der Waals surface area (Å²) in [4.78, 5) is 21.1. The lowest BCUT2D eigenvalue weighted by atomic mass is 10.2. The fourth-order valence-corrected chi connectivity index (χ4v) is 1.77. The summed E-state index contributed by atoms with van der Waals surface area (Å²) in [7, 11) is 0. The van der Waals surface area contributed by atoms with Gasteiger partial charge in [-0.05, 0) is 20.3 Å². The molecule has 1 aromatic heterocycles. The number of aromatic nitrogens is 2. The van der Waals surface area contributed by atoms with Gasteiger partial charge in [0.1, 0.15) is 0 Å². The van der Waals surface area contributed by atoms with Crippen LogP contribution in [0.25, 0.3) is 0 Å². The molecule has 0 aliphatic rings. The zero-order chi connectivity index (χ0) is 14.3. The third-order valence-electron chi connectivity index (χ3n) is 2.67. The number of hydrogen-bond acceptors (Lipinski definition) is 5. The van der Waals surface area contributed by atoms with Gasteiger partial charge in [0.2, 0.25) is 11.8 Å². The quantitative estimate of drug-likeness (QED) is 0.776. The third-order valence-corrected chi connectivity index (χ3v) is 2.67. The first-order chi connectivity index (χ1) is 9.08. The van der Waals surface area contributed by atoms with E-state index in [1.807, 2.05) is 25.7 Å². The number of anilines is 1. The van der Waals surface area contributed by atoms with E-state index in [9.17, 15) is 4.79 Å². The molecule has 1 heterocycles. The van der Waals surface area contributed by atoms with Crippen molar-refractivity contribution in [1.82, 2.24) is 9.97 Å². The Morgan fingerprint density at radius 2 is 2.26 bits per heavy atom. The van der Waals surface area contributed by atoms with Crippen molar-refractivity contribution >= 4 is 11.9 Å². The van der Waals surface area contributed by atoms with E-state index in [1.165, 1.54) is 0 Å². The first-order valence-electron chi connectivity index (χ1n) is 6.52. The molecule has 1 unspecified atom stereocenters. The molecule has 0 bridgehead atoms. The number of rotatable bonds is 8. The lowest BCUT2D eigenvalue weighted by Gasteiger charge is -2.26. The van der Waals surface area contributed by atoms with Crippen molar-refractivity contribution in [3.05, 3.63) is 12.3 Å². The summed E-state index contributed by atoms with van der Waals surface area (Å²) >= 11 is 0. The summed E-state index contributed by atoms with van der Waals surface area (Å²) in [6, 6.07) is 1.54. The van der Waals surface area contributed by atoms with E-state index in [4.69, 9.17) is 9.84 Å². The van der Waals surface area contributed by atoms with Crippen molar-refractivity contribution in [2.24, 2.45) is 0 Å². The van der Waals surface area contributed by atoms with E-state index < -0.39 is 5.97 Å². The Hall–Kier alpha value is -1.85. The summed E-state index contributed by atoms with van der Waals surface area (Å²) in [6.45, 7) is 7.07. The van der Waals surface area contributed by atoms with Gasteiger partial charge in [-0.1, -0.05) is 6.92 Å². The van der Waals surface area contributed by atoms with E-state index in [1.54, 1.807) is 12.3 Å². The van der Waals surface area contributed by atoms with Crippen molar-refractivity contribution in [2.75, 3.05) is 18.1 Å². The molecule has 19 heavy (non-hydrogen) atoms. The van der Waals surface area contributed by atoms with Crippen LogP contribution in [0.5, 0.6) is 5.88 Å². The van der Waals surface area contributed by atoms with Gasteiger partial charge < -0.3 is 14.7 Å². The fraction of sp³-hybridized carbons (Fsp3) is 0.615. The molecule has 0 saturated carbocycles. The van der Waals surface area contributed by atoms with Crippen LogP contribution in [0.1, 0.15) is 33.6 Å². The highest BCUT2D eigenvalue weighted by atomic mass is 16.5. The molecule has 0 fully saturated rings. The molecule has 1 N–H and O–H groups in total. The van der Waals surface area contributed by atoms with Gasteiger partial charge in [0.15, 0.2) is 0 Å². The molecule has 0 aliphatic heterocycles. The SMILES string of the molecule is CCCOc1ccnc(N(CC)C(C)CC(=O)O)n1. The van der Waals surface area contributed by atoms with Crippen LogP contribution < -0.4 is 9.64 Å². The van der Waals surface area contributed by atoms with Crippen LogP contribution in [0.2, 0.25) is 0 Å². The lowest BCUT2D eigenvalue weighted by molar-refractivity contribution is -0.137. The van der Waals surface area contributed by atoms with Gasteiger partial charge in [-0.2, -0.15) is 4.98 Å². The van der Waals surface area contributed by atoms with Gasteiger partial charge in [0.05, 0.1) is 13.0 Å². The first kappa shape index (κ1) is 15.2. The monoisotopic (exact) mass is 267 g/mol. The number of carboxylic acid groups (broad SMARTS) is 1. The van der Waals surface area contributed by atoms with Gasteiger partial charge in [0, 0.05) is 24.8 Å². The summed E-state index contributed by atoms with van der Waals surface area (Å²) in [6.07, 6.45) is 2.59. The second-order valence-electron chi connectivity index (χ2n) is 4.28. The molecule has 0 saturated heterocycles. The molecule has 0 radical (unpaired) electrons. The Labute approximate surface area is 113 Å². The topological polar surface area (TPSA) is 75.5 Å². The van der Waals surface area contributed by atoms with Crippen molar-refractivity contribution in [3.8, 4) is 5.88 Å². The molecule has 1 atom stereocenters. The van der Waals surface area contributed by atoms with E-state index in [2.05, 4.69) is 9.97 Å². The Balaban J connectivity index is 2.82. The summed E-state index contributed by atoms with van der Waals surface area (Å²) in [5, 5.41) is 8.85. The Bertz CT molecular complexity index is 412. The molecule has 6 heteroatoms. The number of carboxylic acids is 1. The second-order valence-corrected chi connectivity index (χ2v) is 4.28. The maximum absolute atomic E-state index is 10.8. The van der Waals surface area contributed by atoms with Gasteiger partial charge >= 0.3 is 5.97 Å². The number of aliphatic carboxylic acids is 1. The predicted octanol–water partition coefficient (Wildman–Crippen LogP) is 1.95. The van der Waals surface area contributed by atoms with Gasteiger partial charge in [-0.15, -0.1) is 0 Å². The highest BCUT2D eigenvalue weighted by Gasteiger charge is 2.18. The maximum Gasteiger partial charge on any atom is 0.305 e. The first-order valence-corrected chi connectivity index (χ1v) is 6.52. The second kappa shape index (κ2) is 7.56. The number of carbonyl (C=O) groups is 1. The average Bonchev–Trinajstić information content (AvgIpc) is 2.37. The number of hydrogen-bond donors (Lipinski definition) is 1. The van der Waals surface area contributed by atoms with Crippen molar-refractivity contribution < 1.29 is 14.6 Å². The third kappa shape index (κ3) is 4.73. The molecule has 0 aromatic carbocycles. The van der Waals surface area contributed by atoms with E-state index >= 15 is 0 Å². The largest absolute Gasteiger partial charge is 0.481 e. The lowest BCUT2D eigenvalue weighted by Crippen LogP contribution is -2.35. The van der Waals surface area contributed by atoms with Crippen molar-refractivity contribution in [2.45, 2.75) is 39.7 Å². The van der Waals surface area contributed by atoms with Gasteiger partial charge in [-0.25, -0.2) is 4.98 Å². The Morgan fingerprint density at radius 3 is 2.84 bits per heavy atom.